The lowest BCUT2D eigenvalue weighted by Crippen LogP contribution is -2.10. The highest BCUT2D eigenvalue weighted by molar-refractivity contribution is 5.43. The van der Waals surface area contributed by atoms with Crippen LogP contribution in [-0.2, 0) is 11.2 Å². The summed E-state index contributed by atoms with van der Waals surface area (Å²) in [7, 11) is 0. The molecule has 3 aromatic carbocycles. The third kappa shape index (κ3) is 4.26. The van der Waals surface area contributed by atoms with Gasteiger partial charge in [0.2, 0.25) is 0 Å². The summed E-state index contributed by atoms with van der Waals surface area (Å²) >= 11 is 0. The smallest absolute Gasteiger partial charge is 0.157 e. The predicted molar refractivity (Wildman–Crippen MR) is 123 cm³/mol. The first-order chi connectivity index (χ1) is 15.2. The van der Waals surface area contributed by atoms with Crippen LogP contribution >= 0.6 is 0 Å². The van der Waals surface area contributed by atoms with Crippen LogP contribution in [-0.4, -0.2) is 20.4 Å². The molecule has 0 aliphatic carbocycles. The molecular formula is C27H30O5. The van der Waals surface area contributed by atoms with Gasteiger partial charge in [0, 0.05) is 0 Å². The van der Waals surface area contributed by atoms with Gasteiger partial charge in [-0.2, -0.15) is 0 Å². The lowest BCUT2D eigenvalue weighted by Gasteiger charge is -2.20. The number of rotatable bonds is 5. The number of aromatic hydroxyl groups is 4. The Morgan fingerprint density at radius 2 is 1.28 bits per heavy atom. The molecule has 4 N–H and O–H groups in total. The van der Waals surface area contributed by atoms with Crippen molar-refractivity contribution in [1.82, 2.24) is 0 Å². The lowest BCUT2D eigenvalue weighted by molar-refractivity contribution is 0.0288. The van der Waals surface area contributed by atoms with Gasteiger partial charge in [0.1, 0.15) is 11.5 Å². The number of hydrogen-bond donors (Lipinski definition) is 4. The molecule has 3 aromatic rings. The number of hydrogen-bond acceptors (Lipinski definition) is 5. The Labute approximate surface area is 188 Å². The SMILES string of the molecule is C[C@H]1[C@H](C)[C@H](c2ccc(O)c([C@H](C)Cc3ccc(O)cc3)c2)O[C@@H]1c1ccc(O)c(O)c1. The van der Waals surface area contributed by atoms with Gasteiger partial charge in [-0.3, -0.25) is 0 Å². The van der Waals surface area contributed by atoms with E-state index in [9.17, 15) is 20.4 Å². The van der Waals surface area contributed by atoms with Gasteiger partial charge in [-0.1, -0.05) is 45.0 Å². The molecule has 1 aliphatic heterocycles. The minimum Gasteiger partial charge on any atom is -0.508 e. The summed E-state index contributed by atoms with van der Waals surface area (Å²) in [6.07, 6.45) is 0.392. The third-order valence-corrected chi connectivity index (χ3v) is 6.79. The van der Waals surface area contributed by atoms with Crippen molar-refractivity contribution in [2.24, 2.45) is 11.8 Å². The fraction of sp³-hybridized carbons (Fsp3) is 0.333. The van der Waals surface area contributed by atoms with Crippen LogP contribution in [0.25, 0.3) is 0 Å². The van der Waals surface area contributed by atoms with Crippen LogP contribution in [0.4, 0.5) is 0 Å². The topological polar surface area (TPSA) is 90.2 Å². The van der Waals surface area contributed by atoms with Gasteiger partial charge in [0.15, 0.2) is 11.5 Å². The van der Waals surface area contributed by atoms with Gasteiger partial charge in [0.05, 0.1) is 12.2 Å². The van der Waals surface area contributed by atoms with Crippen molar-refractivity contribution in [3.8, 4) is 23.0 Å². The van der Waals surface area contributed by atoms with E-state index in [1.54, 1.807) is 30.3 Å². The van der Waals surface area contributed by atoms with Gasteiger partial charge < -0.3 is 25.2 Å². The van der Waals surface area contributed by atoms with Gasteiger partial charge in [0.25, 0.3) is 0 Å². The van der Waals surface area contributed by atoms with E-state index in [0.29, 0.717) is 0 Å². The first kappa shape index (κ1) is 22.0. The van der Waals surface area contributed by atoms with E-state index in [1.807, 2.05) is 24.3 Å². The van der Waals surface area contributed by atoms with Gasteiger partial charge in [-0.25, -0.2) is 0 Å². The standard InChI is InChI=1S/C27H30O5/c1-15(12-18-4-8-21(28)9-5-18)22-13-19(6-10-23(22)29)26-16(2)17(3)27(32-26)20-7-11-24(30)25(31)14-20/h4-11,13-17,26-31H,12H2,1-3H3/t15-,16+,17+,26-,27+/m1/s1. The average Bonchev–Trinajstić information content (AvgIpc) is 3.07. The van der Waals surface area contributed by atoms with Crippen molar-refractivity contribution in [3.63, 3.8) is 0 Å². The Balaban J connectivity index is 1.58. The van der Waals surface area contributed by atoms with Crippen LogP contribution in [0.3, 0.4) is 0 Å². The van der Waals surface area contributed by atoms with Gasteiger partial charge in [-0.05, 0) is 82.8 Å². The molecule has 1 fully saturated rings. The highest BCUT2D eigenvalue weighted by Gasteiger charge is 2.41. The van der Waals surface area contributed by atoms with Crippen LogP contribution < -0.4 is 0 Å². The van der Waals surface area contributed by atoms with Crippen LogP contribution in [0.2, 0.25) is 0 Å². The third-order valence-electron chi connectivity index (χ3n) is 6.79. The maximum atomic E-state index is 10.5. The Bertz CT molecular complexity index is 1090. The first-order valence-corrected chi connectivity index (χ1v) is 11.0. The van der Waals surface area contributed by atoms with E-state index in [4.69, 9.17) is 4.74 Å². The van der Waals surface area contributed by atoms with Crippen LogP contribution in [0.1, 0.15) is 61.2 Å². The Morgan fingerprint density at radius 1 is 0.719 bits per heavy atom. The zero-order valence-electron chi connectivity index (χ0n) is 18.6. The molecule has 5 heteroatoms. The first-order valence-electron chi connectivity index (χ1n) is 11.0. The molecule has 0 bridgehead atoms. The largest absolute Gasteiger partial charge is 0.508 e. The normalized spacial score (nSPS) is 23.8. The van der Waals surface area contributed by atoms with Crippen molar-refractivity contribution in [1.29, 1.82) is 0 Å². The van der Waals surface area contributed by atoms with Crippen LogP contribution in [0.5, 0.6) is 23.0 Å². The summed E-state index contributed by atoms with van der Waals surface area (Å²) in [4.78, 5) is 0. The molecule has 0 spiro atoms. The molecule has 0 unspecified atom stereocenters. The van der Waals surface area contributed by atoms with E-state index < -0.39 is 0 Å². The second kappa shape index (κ2) is 8.75. The summed E-state index contributed by atoms with van der Waals surface area (Å²) in [5.41, 5.74) is 3.80. The highest BCUT2D eigenvalue weighted by Crippen LogP contribution is 2.50. The minimum absolute atomic E-state index is 0.0819. The quantitative estimate of drug-likeness (QED) is 0.373. The molecule has 168 valence electrons. The Hall–Kier alpha value is -3.18. The van der Waals surface area contributed by atoms with Crippen molar-refractivity contribution >= 4 is 0 Å². The molecule has 0 aromatic heterocycles. The van der Waals surface area contributed by atoms with E-state index >= 15 is 0 Å². The van der Waals surface area contributed by atoms with E-state index in [1.165, 1.54) is 6.07 Å². The summed E-state index contributed by atoms with van der Waals surface area (Å²) < 4.78 is 6.46. The van der Waals surface area contributed by atoms with Crippen LogP contribution in [0, 0.1) is 11.8 Å². The van der Waals surface area contributed by atoms with Crippen molar-refractivity contribution < 1.29 is 25.2 Å². The Kier molecular flexibility index (Phi) is 6.02. The molecule has 0 saturated carbocycles. The minimum atomic E-state index is -0.201. The fourth-order valence-electron chi connectivity index (χ4n) is 4.68. The second-order valence-corrected chi connectivity index (χ2v) is 9.03. The van der Waals surface area contributed by atoms with Gasteiger partial charge >= 0.3 is 0 Å². The zero-order chi connectivity index (χ0) is 23.0. The zero-order valence-corrected chi connectivity index (χ0v) is 18.6. The number of benzene rings is 3. The summed E-state index contributed by atoms with van der Waals surface area (Å²) in [6.45, 7) is 6.37. The fourth-order valence-corrected chi connectivity index (χ4v) is 4.68. The van der Waals surface area contributed by atoms with E-state index in [0.717, 1.165) is 28.7 Å². The molecule has 32 heavy (non-hydrogen) atoms. The molecule has 4 rings (SSSR count). The number of phenols is 4. The summed E-state index contributed by atoms with van der Waals surface area (Å²) in [5.74, 6) is 0.719. The molecule has 1 saturated heterocycles. The molecular weight excluding hydrogens is 404 g/mol. The van der Waals surface area contributed by atoms with Crippen molar-refractivity contribution in [2.45, 2.75) is 45.3 Å². The Morgan fingerprint density at radius 3 is 1.88 bits per heavy atom. The molecule has 1 aliphatic rings. The molecule has 5 nitrogen and oxygen atoms in total. The highest BCUT2D eigenvalue weighted by atomic mass is 16.5. The van der Waals surface area contributed by atoms with Crippen molar-refractivity contribution in [2.75, 3.05) is 0 Å². The number of ether oxygens (including phenoxy) is 1. The van der Waals surface area contributed by atoms with Crippen LogP contribution in [0.15, 0.2) is 60.7 Å². The second-order valence-electron chi connectivity index (χ2n) is 9.03. The van der Waals surface area contributed by atoms with E-state index in [2.05, 4.69) is 20.8 Å². The number of phenolic OH excluding ortho intramolecular Hbond substituents is 4. The van der Waals surface area contributed by atoms with Gasteiger partial charge in [-0.15, -0.1) is 0 Å². The molecule has 1 heterocycles. The maximum Gasteiger partial charge on any atom is 0.157 e. The monoisotopic (exact) mass is 434 g/mol. The van der Waals surface area contributed by atoms with Crippen molar-refractivity contribution in [3.05, 3.63) is 82.9 Å². The van der Waals surface area contributed by atoms with E-state index in [-0.39, 0.29) is 53.0 Å². The molecule has 0 radical (unpaired) electrons. The lowest BCUT2D eigenvalue weighted by atomic mass is 9.84. The summed E-state index contributed by atoms with van der Waals surface area (Å²) in [6, 6.07) is 17.7. The molecule has 5 atom stereocenters. The summed E-state index contributed by atoms with van der Waals surface area (Å²) in [5, 5.41) is 39.6. The molecule has 0 amide bonds. The average molecular weight is 435 g/mol. The predicted octanol–water partition coefficient (Wildman–Crippen LogP) is 5.94. The maximum absolute atomic E-state index is 10.5.